The molecule has 0 aromatic heterocycles. The van der Waals surface area contributed by atoms with Crippen LogP contribution in [0, 0.1) is 29.6 Å². The molecule has 0 saturated carbocycles. The fourth-order valence-corrected chi connectivity index (χ4v) is 9.74. The lowest BCUT2D eigenvalue weighted by Gasteiger charge is -2.27. The first kappa shape index (κ1) is 67.9. The molecule has 3 rings (SSSR count). The first-order chi connectivity index (χ1) is 38.0. The van der Waals surface area contributed by atoms with Gasteiger partial charge in [-0.05, 0) is 101 Å². The van der Waals surface area contributed by atoms with Crippen molar-refractivity contribution in [3.63, 3.8) is 0 Å². The molecule has 0 spiro atoms. The van der Waals surface area contributed by atoms with E-state index in [0.717, 1.165) is 16.7 Å². The normalized spacial score (nSPS) is 23.5. The summed E-state index contributed by atoms with van der Waals surface area (Å²) in [6.07, 6.45) is -5.07. The van der Waals surface area contributed by atoms with Crippen molar-refractivity contribution in [1.29, 1.82) is 0 Å². The van der Waals surface area contributed by atoms with Crippen LogP contribution in [0.25, 0.3) is 11.1 Å². The predicted molar refractivity (Wildman–Crippen MR) is 301 cm³/mol. The number of Topliss-reactive ketones (excluding diaryl/α,β-unsaturated/α-hetero) is 4. The predicted octanol–water partition coefficient (Wildman–Crippen LogP) is -0.746. The van der Waals surface area contributed by atoms with Crippen LogP contribution in [0.2, 0.25) is 0 Å². The van der Waals surface area contributed by atoms with Gasteiger partial charge in [-0.15, -0.1) is 0 Å². The van der Waals surface area contributed by atoms with Crippen molar-refractivity contribution in [2.45, 2.75) is 154 Å². The maximum Gasteiger partial charge on any atom is 0.243 e. The SMILES string of the molecule is CC[C@@H]1NC(=O)[C@@H](CC(C)C)CC(=O)[C@H](CCN)NC(=O)[C@@H](CC(=O)[C@H](CN)NC(=O)[C@@H](CC(=O)CC(CN)c2cccc(-c3ccccc3)c2)[C@@H](C)O)CCNC(=O)[C@H]([C@@H](C)O)CC(=O)[C@H](CCN)NC(=O)[C@H](CCN)NC1=O. The third-order valence-corrected chi connectivity index (χ3v) is 14.5. The Kier molecular flexibility index (Phi) is 29.5. The van der Waals surface area contributed by atoms with Gasteiger partial charge in [0.1, 0.15) is 17.9 Å². The summed E-state index contributed by atoms with van der Waals surface area (Å²) in [6.45, 7) is 7.01. The van der Waals surface area contributed by atoms with Gasteiger partial charge in [0.2, 0.25) is 35.4 Å². The molecule has 444 valence electrons. The number of nitrogens with one attached hydrogen (secondary N) is 6. The Morgan fingerprint density at radius 2 is 1.19 bits per heavy atom. The zero-order chi connectivity index (χ0) is 59.6. The Balaban J connectivity index is 1.97. The summed E-state index contributed by atoms with van der Waals surface area (Å²) in [5, 5.41) is 37.4. The minimum atomic E-state index is -1.44. The van der Waals surface area contributed by atoms with Crippen LogP contribution in [-0.4, -0.2) is 150 Å². The molecule has 23 nitrogen and oxygen atoms in total. The molecule has 1 fully saturated rings. The van der Waals surface area contributed by atoms with Gasteiger partial charge in [-0.25, -0.2) is 0 Å². The topological polar surface area (TPSA) is 413 Å². The Morgan fingerprint density at radius 1 is 0.637 bits per heavy atom. The van der Waals surface area contributed by atoms with E-state index in [1.807, 2.05) is 68.4 Å². The van der Waals surface area contributed by atoms with E-state index in [9.17, 15) is 58.2 Å². The fraction of sp³-hybridized carbons (Fsp3) is 0.614. The molecule has 1 heterocycles. The Morgan fingerprint density at radius 3 is 1.75 bits per heavy atom. The van der Waals surface area contributed by atoms with Crippen LogP contribution >= 0.6 is 0 Å². The molecular weight excluding hydrogens is 1030 g/mol. The highest BCUT2D eigenvalue weighted by Crippen LogP contribution is 2.28. The number of aliphatic hydroxyl groups is 2. The number of hydrogen-bond acceptors (Lipinski definition) is 17. The van der Waals surface area contributed by atoms with E-state index < -0.39 is 157 Å². The molecule has 1 unspecified atom stereocenters. The minimum Gasteiger partial charge on any atom is -0.393 e. The van der Waals surface area contributed by atoms with E-state index in [0.29, 0.717) is 0 Å². The van der Waals surface area contributed by atoms with E-state index in [2.05, 4.69) is 31.9 Å². The molecule has 0 bridgehead atoms. The van der Waals surface area contributed by atoms with Crippen LogP contribution < -0.4 is 60.6 Å². The summed E-state index contributed by atoms with van der Waals surface area (Å²) >= 11 is 0. The van der Waals surface area contributed by atoms with Gasteiger partial charge in [0.15, 0.2) is 17.3 Å². The molecule has 1 saturated heterocycles. The van der Waals surface area contributed by atoms with Crippen molar-refractivity contribution >= 4 is 58.6 Å². The first-order valence-corrected chi connectivity index (χ1v) is 27.9. The Labute approximate surface area is 469 Å². The van der Waals surface area contributed by atoms with E-state index in [1.165, 1.54) is 13.8 Å². The van der Waals surface area contributed by atoms with Crippen molar-refractivity contribution in [2.75, 3.05) is 39.3 Å². The average molecular weight is 1120 g/mol. The smallest absolute Gasteiger partial charge is 0.243 e. The highest BCUT2D eigenvalue weighted by Gasteiger charge is 2.37. The fourth-order valence-electron chi connectivity index (χ4n) is 9.74. The van der Waals surface area contributed by atoms with Gasteiger partial charge in [0, 0.05) is 62.9 Å². The standard InChI is InChI=1S/C57H89N11O12/c1-6-44-56(79)67-47(17-21-60)57(80)66-46(16-20-59)51(74)29-43(34(5)70)54(77)63-22-18-38(52(75)65-45(15-19-58)49(72)27-39(23-32(2)3)53(76)64-44)26-50(73)48(31-62)68-55(78)42(33(4)69)28-41(71)25-40(30-61)37-14-10-13-36(24-37)35-11-8-7-9-12-35/h7-14,24,32-34,38-40,42-48,69-70H,6,15-23,25-31,58-62H2,1-5H3,(H,63,77)(H,64,76)(H,65,75)(H,66,80)(H,67,79)(H,68,78)/t33-,34-,38-,39+,40?,42+,43+,44+,45+,46+,47+,48+/m1/s1. The lowest BCUT2D eigenvalue weighted by Crippen LogP contribution is -2.57. The number of carbonyl (C=O) groups is 10. The second-order valence-electron chi connectivity index (χ2n) is 21.4. The maximum absolute atomic E-state index is 14.4. The molecule has 23 heteroatoms. The van der Waals surface area contributed by atoms with Gasteiger partial charge in [-0.3, -0.25) is 47.9 Å². The quantitative estimate of drug-likeness (QED) is 0.0615. The van der Waals surface area contributed by atoms with Crippen LogP contribution in [0.4, 0.5) is 0 Å². The molecule has 18 N–H and O–H groups in total. The number of nitrogens with two attached hydrogens (primary N) is 5. The van der Waals surface area contributed by atoms with Crippen LogP contribution in [0.1, 0.15) is 117 Å². The summed E-state index contributed by atoms with van der Waals surface area (Å²) in [5.41, 5.74) is 32.5. The van der Waals surface area contributed by atoms with E-state index in [4.69, 9.17) is 28.7 Å². The molecule has 2 aromatic rings. The number of ketones is 4. The summed E-state index contributed by atoms with van der Waals surface area (Å²) in [5.74, 6) is -12.6. The number of rotatable bonds is 24. The first-order valence-electron chi connectivity index (χ1n) is 27.9. The zero-order valence-corrected chi connectivity index (χ0v) is 47.1. The van der Waals surface area contributed by atoms with Crippen molar-refractivity contribution < 1.29 is 58.2 Å². The summed E-state index contributed by atoms with van der Waals surface area (Å²) in [4.78, 5) is 139. The maximum atomic E-state index is 14.4. The van der Waals surface area contributed by atoms with E-state index in [-0.39, 0.29) is 89.4 Å². The summed E-state index contributed by atoms with van der Waals surface area (Å²) < 4.78 is 0. The molecule has 0 aliphatic carbocycles. The number of carbonyl (C=O) groups excluding carboxylic acids is 10. The van der Waals surface area contributed by atoms with Gasteiger partial charge >= 0.3 is 0 Å². The highest BCUT2D eigenvalue weighted by molar-refractivity contribution is 5.98. The largest absolute Gasteiger partial charge is 0.393 e. The van der Waals surface area contributed by atoms with Crippen LogP contribution in [0.15, 0.2) is 54.6 Å². The Hall–Kier alpha value is -6.34. The average Bonchev–Trinajstić information content (AvgIpc) is 3.42. The molecular formula is C57H89N11O12. The van der Waals surface area contributed by atoms with Crippen molar-refractivity contribution in [3.05, 3.63) is 60.2 Å². The highest BCUT2D eigenvalue weighted by atomic mass is 16.3. The van der Waals surface area contributed by atoms with E-state index >= 15 is 0 Å². The van der Waals surface area contributed by atoms with Crippen LogP contribution in [-0.2, 0) is 47.9 Å². The minimum absolute atomic E-state index is 0.0492. The van der Waals surface area contributed by atoms with Gasteiger partial charge < -0.3 is 70.8 Å². The number of hydrogen-bond donors (Lipinski definition) is 13. The number of amides is 6. The molecule has 6 amide bonds. The third-order valence-electron chi connectivity index (χ3n) is 14.5. The molecule has 1 aliphatic rings. The van der Waals surface area contributed by atoms with Crippen molar-refractivity contribution in [2.24, 2.45) is 58.3 Å². The molecule has 2 aromatic carbocycles. The monoisotopic (exact) mass is 1120 g/mol. The molecule has 1 aliphatic heterocycles. The lowest BCUT2D eigenvalue weighted by molar-refractivity contribution is -0.137. The van der Waals surface area contributed by atoms with Gasteiger partial charge in [-0.1, -0.05) is 75.4 Å². The third kappa shape index (κ3) is 21.6. The summed E-state index contributed by atoms with van der Waals surface area (Å²) in [7, 11) is 0. The molecule has 0 radical (unpaired) electrons. The second-order valence-corrected chi connectivity index (χ2v) is 21.4. The Bertz CT molecular complexity index is 2390. The van der Waals surface area contributed by atoms with E-state index in [1.54, 1.807) is 6.92 Å². The lowest BCUT2D eigenvalue weighted by atomic mass is 9.87. The number of benzene rings is 2. The van der Waals surface area contributed by atoms with Gasteiger partial charge in [0.05, 0.1) is 42.2 Å². The van der Waals surface area contributed by atoms with Crippen LogP contribution in [0.5, 0.6) is 0 Å². The zero-order valence-electron chi connectivity index (χ0n) is 47.1. The molecule has 12 atom stereocenters. The van der Waals surface area contributed by atoms with Crippen LogP contribution in [0.3, 0.4) is 0 Å². The van der Waals surface area contributed by atoms with Gasteiger partial charge in [0.25, 0.3) is 0 Å². The van der Waals surface area contributed by atoms with Gasteiger partial charge in [-0.2, -0.15) is 0 Å². The molecule has 80 heavy (non-hydrogen) atoms. The van der Waals surface area contributed by atoms with Crippen molar-refractivity contribution in [1.82, 2.24) is 31.9 Å². The van der Waals surface area contributed by atoms with Crippen molar-refractivity contribution in [3.8, 4) is 11.1 Å². The summed E-state index contributed by atoms with van der Waals surface area (Å²) in [6, 6.07) is 10.8. The second kappa shape index (κ2) is 34.7. The number of aliphatic hydroxyl groups excluding tert-OH is 2.